The molecule has 0 unspecified atom stereocenters. The average molecular weight is 266 g/mol. The fraction of sp³-hybridized carbons (Fsp3) is 0.385. The van der Waals surface area contributed by atoms with Crippen LogP contribution in [0, 0.1) is 6.92 Å². The van der Waals surface area contributed by atoms with Crippen molar-refractivity contribution in [1.82, 2.24) is 4.90 Å². The number of hydrogen-bond acceptors (Lipinski definition) is 3. The summed E-state index contributed by atoms with van der Waals surface area (Å²) in [7, 11) is 1.50. The number of aryl methyl sites for hydroxylation is 1. The minimum atomic E-state index is -1.06. The monoisotopic (exact) mass is 266 g/mol. The van der Waals surface area contributed by atoms with Gasteiger partial charge in [-0.15, -0.1) is 0 Å². The summed E-state index contributed by atoms with van der Waals surface area (Å²) in [6, 6.07) is 6.85. The van der Waals surface area contributed by atoms with Gasteiger partial charge in [0.25, 0.3) is 0 Å². The van der Waals surface area contributed by atoms with Gasteiger partial charge >= 0.3 is 12.0 Å². The molecule has 0 aliphatic carbocycles. The lowest BCUT2D eigenvalue weighted by atomic mass is 10.2. The van der Waals surface area contributed by atoms with Crippen molar-refractivity contribution in [2.75, 3.05) is 32.1 Å². The Morgan fingerprint density at radius 2 is 2.05 bits per heavy atom. The molecule has 0 atom stereocenters. The first-order valence-electron chi connectivity index (χ1n) is 5.87. The molecule has 0 heterocycles. The molecule has 1 aromatic carbocycles. The molecule has 0 radical (unpaired) electrons. The molecule has 1 aromatic rings. The predicted octanol–water partition coefficient (Wildman–Crippen LogP) is 1.56. The summed E-state index contributed by atoms with van der Waals surface area (Å²) in [5, 5.41) is 11.5. The van der Waals surface area contributed by atoms with Gasteiger partial charge in [-0.1, -0.05) is 18.2 Å². The number of para-hydroxylation sites is 1. The first-order chi connectivity index (χ1) is 9.04. The van der Waals surface area contributed by atoms with E-state index in [1.165, 1.54) is 12.0 Å². The molecule has 104 valence electrons. The molecular weight excluding hydrogens is 248 g/mol. The van der Waals surface area contributed by atoms with Crippen molar-refractivity contribution >= 4 is 17.7 Å². The molecule has 1 rings (SSSR count). The van der Waals surface area contributed by atoms with Crippen LogP contribution in [0.5, 0.6) is 0 Å². The van der Waals surface area contributed by atoms with Crippen LogP contribution in [-0.2, 0) is 9.53 Å². The summed E-state index contributed by atoms with van der Waals surface area (Å²) in [6.07, 6.45) is 0. The standard InChI is InChI=1S/C13H18N2O4/c1-10-5-3-4-6-11(10)14-13(18)15(7-8-19-2)9-12(16)17/h3-6H,7-9H2,1-2H3,(H,14,18)(H,16,17). The van der Waals surface area contributed by atoms with Crippen LogP contribution in [0.25, 0.3) is 0 Å². The second-order valence-corrected chi connectivity index (χ2v) is 4.05. The highest BCUT2D eigenvalue weighted by Crippen LogP contribution is 2.13. The smallest absolute Gasteiger partial charge is 0.323 e. The SMILES string of the molecule is COCCN(CC(=O)O)C(=O)Nc1ccccc1C. The quantitative estimate of drug-likeness (QED) is 0.819. The van der Waals surface area contributed by atoms with Crippen molar-refractivity contribution in [3.8, 4) is 0 Å². The lowest BCUT2D eigenvalue weighted by Gasteiger charge is -2.21. The maximum atomic E-state index is 12.0. The van der Waals surface area contributed by atoms with Crippen molar-refractivity contribution in [3.05, 3.63) is 29.8 Å². The van der Waals surface area contributed by atoms with Crippen LogP contribution < -0.4 is 5.32 Å². The van der Waals surface area contributed by atoms with Crippen molar-refractivity contribution < 1.29 is 19.4 Å². The van der Waals surface area contributed by atoms with E-state index in [0.29, 0.717) is 5.69 Å². The van der Waals surface area contributed by atoms with Gasteiger partial charge in [-0.2, -0.15) is 0 Å². The van der Waals surface area contributed by atoms with Gasteiger partial charge in [-0.3, -0.25) is 4.79 Å². The first kappa shape index (κ1) is 15.0. The number of methoxy groups -OCH3 is 1. The predicted molar refractivity (Wildman–Crippen MR) is 71.3 cm³/mol. The second-order valence-electron chi connectivity index (χ2n) is 4.05. The molecule has 6 heteroatoms. The van der Waals surface area contributed by atoms with Crippen LogP contribution in [0.2, 0.25) is 0 Å². The highest BCUT2D eigenvalue weighted by Gasteiger charge is 2.16. The van der Waals surface area contributed by atoms with Crippen LogP contribution in [0.4, 0.5) is 10.5 Å². The number of carbonyl (C=O) groups is 2. The number of nitrogens with one attached hydrogen (secondary N) is 1. The Balaban J connectivity index is 2.70. The van der Waals surface area contributed by atoms with Crippen LogP contribution in [0.1, 0.15) is 5.56 Å². The minimum absolute atomic E-state index is 0.223. The Labute approximate surface area is 112 Å². The molecule has 0 aliphatic rings. The fourth-order valence-electron chi connectivity index (χ4n) is 1.52. The summed E-state index contributed by atoms with van der Waals surface area (Å²) >= 11 is 0. The molecule has 0 saturated carbocycles. The number of carboxylic acids is 1. The maximum Gasteiger partial charge on any atom is 0.323 e. The number of rotatable bonds is 6. The van der Waals surface area contributed by atoms with Crippen LogP contribution in [0.15, 0.2) is 24.3 Å². The maximum absolute atomic E-state index is 12.0. The molecule has 0 aromatic heterocycles. The number of carbonyl (C=O) groups excluding carboxylic acids is 1. The van der Waals surface area contributed by atoms with Gasteiger partial charge in [0.2, 0.25) is 0 Å². The van der Waals surface area contributed by atoms with E-state index in [1.54, 1.807) is 12.1 Å². The second kappa shape index (κ2) is 7.38. The number of ether oxygens (including phenoxy) is 1. The summed E-state index contributed by atoms with van der Waals surface area (Å²) in [5.41, 5.74) is 1.58. The summed E-state index contributed by atoms with van der Waals surface area (Å²) < 4.78 is 4.86. The van der Waals surface area contributed by atoms with Crippen LogP contribution in [-0.4, -0.2) is 48.8 Å². The Kier molecular flexibility index (Phi) is 5.81. The lowest BCUT2D eigenvalue weighted by Crippen LogP contribution is -2.40. The lowest BCUT2D eigenvalue weighted by molar-refractivity contribution is -0.137. The van der Waals surface area contributed by atoms with Gasteiger partial charge in [-0.05, 0) is 18.6 Å². The Morgan fingerprint density at radius 1 is 1.37 bits per heavy atom. The number of carboxylic acid groups (broad SMARTS) is 1. The number of hydrogen-bond donors (Lipinski definition) is 2. The molecular formula is C13H18N2O4. The summed E-state index contributed by atoms with van der Waals surface area (Å²) in [4.78, 5) is 23.9. The zero-order valence-corrected chi connectivity index (χ0v) is 11.0. The highest BCUT2D eigenvalue weighted by molar-refractivity contribution is 5.92. The van der Waals surface area contributed by atoms with Gasteiger partial charge in [0.15, 0.2) is 0 Å². The summed E-state index contributed by atoms with van der Waals surface area (Å²) in [5.74, 6) is -1.06. The van der Waals surface area contributed by atoms with Crippen molar-refractivity contribution in [2.45, 2.75) is 6.92 Å². The van der Waals surface area contributed by atoms with Crippen molar-refractivity contribution in [2.24, 2.45) is 0 Å². The molecule has 2 amide bonds. The van der Waals surface area contributed by atoms with Gasteiger partial charge in [0, 0.05) is 19.3 Å². The fourth-order valence-corrected chi connectivity index (χ4v) is 1.52. The third-order valence-electron chi connectivity index (χ3n) is 2.57. The first-order valence-corrected chi connectivity index (χ1v) is 5.87. The molecule has 0 fully saturated rings. The third kappa shape index (κ3) is 4.97. The van der Waals surface area contributed by atoms with Gasteiger partial charge in [0.1, 0.15) is 6.54 Å². The van der Waals surface area contributed by atoms with E-state index >= 15 is 0 Å². The Hall–Kier alpha value is -2.08. The Morgan fingerprint density at radius 3 is 2.63 bits per heavy atom. The Bertz CT molecular complexity index is 448. The van der Waals surface area contributed by atoms with E-state index in [9.17, 15) is 9.59 Å². The zero-order chi connectivity index (χ0) is 14.3. The number of benzene rings is 1. The number of amides is 2. The normalized spacial score (nSPS) is 10.0. The van der Waals surface area contributed by atoms with Gasteiger partial charge in [-0.25, -0.2) is 4.79 Å². The van der Waals surface area contributed by atoms with Crippen molar-refractivity contribution in [3.63, 3.8) is 0 Å². The van der Waals surface area contributed by atoms with Crippen molar-refractivity contribution in [1.29, 1.82) is 0 Å². The average Bonchev–Trinajstić information content (AvgIpc) is 2.36. The van der Waals surface area contributed by atoms with Crippen LogP contribution in [0.3, 0.4) is 0 Å². The number of nitrogens with zero attached hydrogens (tertiary/aromatic N) is 1. The van der Waals surface area contributed by atoms with E-state index in [2.05, 4.69) is 5.32 Å². The molecule has 2 N–H and O–H groups in total. The number of urea groups is 1. The molecule has 0 aliphatic heterocycles. The largest absolute Gasteiger partial charge is 0.480 e. The minimum Gasteiger partial charge on any atom is -0.480 e. The molecule has 0 spiro atoms. The zero-order valence-electron chi connectivity index (χ0n) is 11.0. The number of aliphatic carboxylic acids is 1. The molecule has 0 saturated heterocycles. The van der Waals surface area contributed by atoms with Gasteiger partial charge < -0.3 is 20.1 Å². The van der Waals surface area contributed by atoms with E-state index in [0.717, 1.165) is 5.56 Å². The third-order valence-corrected chi connectivity index (χ3v) is 2.57. The van der Waals surface area contributed by atoms with Crippen LogP contribution >= 0.6 is 0 Å². The molecule has 6 nitrogen and oxygen atoms in total. The molecule has 19 heavy (non-hydrogen) atoms. The van der Waals surface area contributed by atoms with Gasteiger partial charge in [0.05, 0.1) is 6.61 Å². The molecule has 0 bridgehead atoms. The highest BCUT2D eigenvalue weighted by atomic mass is 16.5. The summed E-state index contributed by atoms with van der Waals surface area (Å²) in [6.45, 7) is 2.02. The number of anilines is 1. The van der Waals surface area contributed by atoms with E-state index in [1.807, 2.05) is 19.1 Å². The topological polar surface area (TPSA) is 78.9 Å². The van der Waals surface area contributed by atoms with E-state index in [-0.39, 0.29) is 19.7 Å². The van der Waals surface area contributed by atoms with E-state index in [4.69, 9.17) is 9.84 Å². The van der Waals surface area contributed by atoms with E-state index < -0.39 is 12.0 Å².